The molecule has 0 spiro atoms. The standard InChI is InChI=1S/C20H16F2N4O/c21-20(22,16-8-4-5-11-24-16)12-13-9-10-15-18(17(13)23)26-19(27-15)25-14-6-2-1-3-7-14/h1-11H,12,23H2,(H,25,26). The van der Waals surface area contributed by atoms with E-state index in [9.17, 15) is 8.78 Å². The van der Waals surface area contributed by atoms with Gasteiger partial charge in [0.2, 0.25) is 0 Å². The van der Waals surface area contributed by atoms with Gasteiger partial charge in [0.15, 0.2) is 5.58 Å². The van der Waals surface area contributed by atoms with Gasteiger partial charge in [0.1, 0.15) is 11.2 Å². The molecule has 0 fully saturated rings. The van der Waals surface area contributed by atoms with Crippen molar-refractivity contribution in [3.63, 3.8) is 0 Å². The molecule has 7 heteroatoms. The van der Waals surface area contributed by atoms with Gasteiger partial charge >= 0.3 is 0 Å². The average molecular weight is 366 g/mol. The van der Waals surface area contributed by atoms with Crippen LogP contribution in [0.3, 0.4) is 0 Å². The van der Waals surface area contributed by atoms with Crippen LogP contribution in [0.5, 0.6) is 0 Å². The second-order valence-corrected chi connectivity index (χ2v) is 6.09. The first-order valence-electron chi connectivity index (χ1n) is 8.32. The zero-order chi connectivity index (χ0) is 18.9. The molecule has 4 rings (SSSR count). The molecule has 0 radical (unpaired) electrons. The number of nitrogens with one attached hydrogen (secondary N) is 1. The van der Waals surface area contributed by atoms with E-state index < -0.39 is 12.3 Å². The number of hydrogen-bond acceptors (Lipinski definition) is 5. The van der Waals surface area contributed by atoms with E-state index in [2.05, 4.69) is 15.3 Å². The number of nitrogens with zero attached hydrogens (tertiary/aromatic N) is 2. The van der Waals surface area contributed by atoms with Crippen molar-refractivity contribution >= 4 is 28.5 Å². The molecule has 0 aliphatic carbocycles. The summed E-state index contributed by atoms with van der Waals surface area (Å²) in [5.41, 5.74) is 7.85. The summed E-state index contributed by atoms with van der Waals surface area (Å²) in [6.07, 6.45) is 0.773. The van der Waals surface area contributed by atoms with E-state index in [1.165, 1.54) is 24.4 Å². The first-order valence-corrected chi connectivity index (χ1v) is 8.32. The third kappa shape index (κ3) is 3.44. The van der Waals surface area contributed by atoms with Crippen LogP contribution in [-0.4, -0.2) is 9.97 Å². The second kappa shape index (κ2) is 6.68. The number of nitrogens with two attached hydrogens (primary N) is 1. The van der Waals surface area contributed by atoms with Gasteiger partial charge in [-0.15, -0.1) is 0 Å². The third-order valence-corrected chi connectivity index (χ3v) is 4.17. The molecule has 27 heavy (non-hydrogen) atoms. The molecule has 0 amide bonds. The Hall–Kier alpha value is -3.48. The van der Waals surface area contributed by atoms with Crippen LogP contribution in [0.2, 0.25) is 0 Å². The van der Waals surface area contributed by atoms with Gasteiger partial charge in [0, 0.05) is 18.3 Å². The van der Waals surface area contributed by atoms with Crippen LogP contribution in [0.25, 0.3) is 11.1 Å². The Bertz CT molecular complexity index is 1070. The highest BCUT2D eigenvalue weighted by atomic mass is 19.3. The number of aromatic nitrogens is 2. The molecule has 0 saturated heterocycles. The lowest BCUT2D eigenvalue weighted by Crippen LogP contribution is -2.19. The van der Waals surface area contributed by atoms with Gasteiger partial charge in [-0.2, -0.15) is 13.8 Å². The highest BCUT2D eigenvalue weighted by molar-refractivity contribution is 5.89. The molecule has 0 aliphatic rings. The predicted molar refractivity (Wildman–Crippen MR) is 100.0 cm³/mol. The smallest absolute Gasteiger partial charge is 0.300 e. The topological polar surface area (TPSA) is 77.0 Å². The molecule has 2 aromatic heterocycles. The number of fused-ring (bicyclic) bond motifs is 1. The normalized spacial score (nSPS) is 11.6. The Labute approximate surface area is 153 Å². The number of pyridine rings is 1. The molecular weight excluding hydrogens is 350 g/mol. The van der Waals surface area contributed by atoms with E-state index in [0.717, 1.165) is 5.69 Å². The summed E-state index contributed by atoms with van der Waals surface area (Å²) in [7, 11) is 0. The van der Waals surface area contributed by atoms with Gasteiger partial charge in [-0.05, 0) is 35.9 Å². The van der Waals surface area contributed by atoms with E-state index in [0.29, 0.717) is 11.1 Å². The largest absolute Gasteiger partial charge is 0.423 e. The van der Waals surface area contributed by atoms with Crippen molar-refractivity contribution in [2.24, 2.45) is 0 Å². The van der Waals surface area contributed by atoms with Gasteiger partial charge in [-0.3, -0.25) is 4.98 Å². The van der Waals surface area contributed by atoms with Crippen molar-refractivity contribution in [2.75, 3.05) is 11.1 Å². The third-order valence-electron chi connectivity index (χ3n) is 4.17. The Balaban J connectivity index is 1.64. The molecule has 0 bridgehead atoms. The van der Waals surface area contributed by atoms with Crippen molar-refractivity contribution in [1.82, 2.24) is 9.97 Å². The van der Waals surface area contributed by atoms with Crippen molar-refractivity contribution in [3.05, 3.63) is 78.1 Å². The van der Waals surface area contributed by atoms with Gasteiger partial charge in [-0.1, -0.05) is 30.3 Å². The highest BCUT2D eigenvalue weighted by Crippen LogP contribution is 2.35. The molecule has 0 unspecified atom stereocenters. The number of nitrogen functional groups attached to an aromatic ring is 1. The van der Waals surface area contributed by atoms with Crippen LogP contribution < -0.4 is 11.1 Å². The van der Waals surface area contributed by atoms with Crippen LogP contribution in [0.4, 0.5) is 26.2 Å². The summed E-state index contributed by atoms with van der Waals surface area (Å²) in [6.45, 7) is 0. The fourth-order valence-electron chi connectivity index (χ4n) is 2.82. The average Bonchev–Trinajstić information content (AvgIpc) is 3.09. The Morgan fingerprint density at radius 3 is 2.52 bits per heavy atom. The minimum atomic E-state index is -3.14. The quantitative estimate of drug-likeness (QED) is 0.492. The molecular formula is C20H16F2N4O. The fourth-order valence-corrected chi connectivity index (χ4v) is 2.82. The van der Waals surface area contributed by atoms with Crippen LogP contribution in [0, 0.1) is 0 Å². The Kier molecular flexibility index (Phi) is 4.19. The van der Waals surface area contributed by atoms with Crippen LogP contribution in [0.15, 0.2) is 71.3 Å². The van der Waals surface area contributed by atoms with Crippen LogP contribution in [0.1, 0.15) is 11.3 Å². The summed E-state index contributed by atoms with van der Waals surface area (Å²) >= 11 is 0. The summed E-state index contributed by atoms with van der Waals surface area (Å²) in [5.74, 6) is -3.14. The molecule has 4 aromatic rings. The van der Waals surface area contributed by atoms with Gasteiger partial charge in [0.25, 0.3) is 11.9 Å². The fraction of sp³-hybridized carbons (Fsp3) is 0.100. The molecule has 136 valence electrons. The minimum absolute atomic E-state index is 0.174. The maximum atomic E-state index is 14.5. The lowest BCUT2D eigenvalue weighted by molar-refractivity contribution is -0.00817. The molecule has 0 atom stereocenters. The van der Waals surface area contributed by atoms with E-state index in [1.54, 1.807) is 12.1 Å². The van der Waals surface area contributed by atoms with Crippen molar-refractivity contribution < 1.29 is 13.2 Å². The lowest BCUT2D eigenvalue weighted by Gasteiger charge is -2.16. The van der Waals surface area contributed by atoms with Gasteiger partial charge < -0.3 is 15.5 Å². The summed E-state index contributed by atoms with van der Waals surface area (Å²) in [6, 6.07) is 17.2. The number of para-hydroxylation sites is 1. The summed E-state index contributed by atoms with van der Waals surface area (Å²) in [5, 5.41) is 3.02. The van der Waals surface area contributed by atoms with E-state index in [1.807, 2.05) is 30.3 Å². The van der Waals surface area contributed by atoms with E-state index in [-0.39, 0.29) is 23.0 Å². The first kappa shape index (κ1) is 17.0. The second-order valence-electron chi connectivity index (χ2n) is 6.09. The molecule has 3 N–H and O–H groups in total. The number of rotatable bonds is 5. The van der Waals surface area contributed by atoms with Crippen molar-refractivity contribution in [2.45, 2.75) is 12.3 Å². The summed E-state index contributed by atoms with van der Waals surface area (Å²) < 4.78 is 34.7. The zero-order valence-electron chi connectivity index (χ0n) is 14.2. The van der Waals surface area contributed by atoms with Gasteiger partial charge in [0.05, 0.1) is 5.69 Å². The Morgan fingerprint density at radius 1 is 1.00 bits per heavy atom. The van der Waals surface area contributed by atoms with Crippen molar-refractivity contribution in [1.29, 1.82) is 0 Å². The molecule has 2 heterocycles. The number of anilines is 3. The Morgan fingerprint density at radius 2 is 1.78 bits per heavy atom. The molecule has 0 aliphatic heterocycles. The minimum Gasteiger partial charge on any atom is -0.423 e. The number of hydrogen-bond donors (Lipinski definition) is 2. The predicted octanol–water partition coefficient (Wildman–Crippen LogP) is 4.88. The lowest BCUT2D eigenvalue weighted by atomic mass is 10.0. The maximum absolute atomic E-state index is 14.5. The molecule has 5 nitrogen and oxygen atoms in total. The van der Waals surface area contributed by atoms with Crippen LogP contribution in [-0.2, 0) is 12.3 Å². The maximum Gasteiger partial charge on any atom is 0.300 e. The zero-order valence-corrected chi connectivity index (χ0v) is 14.2. The highest BCUT2D eigenvalue weighted by Gasteiger charge is 2.34. The number of oxazole rings is 1. The van der Waals surface area contributed by atoms with E-state index >= 15 is 0 Å². The SMILES string of the molecule is Nc1c(CC(F)(F)c2ccccn2)ccc2oc(Nc3ccccc3)nc12. The summed E-state index contributed by atoms with van der Waals surface area (Å²) in [4.78, 5) is 8.06. The van der Waals surface area contributed by atoms with Crippen LogP contribution >= 0.6 is 0 Å². The first-order chi connectivity index (χ1) is 13.0. The number of benzene rings is 2. The number of halogens is 2. The van der Waals surface area contributed by atoms with Crippen molar-refractivity contribution in [3.8, 4) is 0 Å². The van der Waals surface area contributed by atoms with Gasteiger partial charge in [-0.25, -0.2) is 0 Å². The number of alkyl halides is 2. The monoisotopic (exact) mass is 366 g/mol. The molecule has 0 saturated carbocycles. The molecule has 2 aromatic carbocycles. The van der Waals surface area contributed by atoms with E-state index in [4.69, 9.17) is 10.2 Å².